The Hall–Kier alpha value is -2.35. The molecule has 1 aromatic heterocycles. The van der Waals surface area contributed by atoms with Crippen LogP contribution in [0.5, 0.6) is 0 Å². The lowest BCUT2D eigenvalue weighted by atomic mass is 10.2. The lowest BCUT2D eigenvalue weighted by Crippen LogP contribution is -2.39. The van der Waals surface area contributed by atoms with E-state index in [2.05, 4.69) is 10.3 Å². The number of urea groups is 1. The van der Waals surface area contributed by atoms with Gasteiger partial charge in [0, 0.05) is 19.1 Å². The summed E-state index contributed by atoms with van der Waals surface area (Å²) in [4.78, 5) is 42.8. The minimum atomic E-state index is -0.526. The van der Waals surface area contributed by atoms with E-state index in [1.54, 1.807) is 29.7 Å². The molecule has 25 heavy (non-hydrogen) atoms. The summed E-state index contributed by atoms with van der Waals surface area (Å²) in [7, 11) is 0. The zero-order chi connectivity index (χ0) is 18.1. The molecular weight excluding hydrogens is 340 g/mol. The zero-order valence-corrected chi connectivity index (χ0v) is 15.2. The van der Waals surface area contributed by atoms with Crippen molar-refractivity contribution < 1.29 is 9.59 Å². The lowest BCUT2D eigenvalue weighted by Gasteiger charge is -2.20. The Bertz CT molecular complexity index is 893. The van der Waals surface area contributed by atoms with Gasteiger partial charge < -0.3 is 5.32 Å². The van der Waals surface area contributed by atoms with Crippen molar-refractivity contribution in [2.75, 3.05) is 13.1 Å². The van der Waals surface area contributed by atoms with Gasteiger partial charge in [-0.1, -0.05) is 23.9 Å². The van der Waals surface area contributed by atoms with Crippen LogP contribution in [0.25, 0.3) is 10.9 Å². The van der Waals surface area contributed by atoms with Crippen LogP contribution >= 0.6 is 11.8 Å². The molecule has 1 aliphatic heterocycles. The average Bonchev–Trinajstić information content (AvgIpc) is 3.00. The molecule has 2 aromatic rings. The summed E-state index contributed by atoms with van der Waals surface area (Å²) in [5, 5.41) is 3.13. The van der Waals surface area contributed by atoms with Crippen LogP contribution in [-0.2, 0) is 4.79 Å². The largest absolute Gasteiger partial charge is 0.336 e. The Kier molecular flexibility index (Phi) is 4.80. The highest BCUT2D eigenvalue weighted by Crippen LogP contribution is 2.26. The van der Waals surface area contributed by atoms with Crippen LogP contribution < -0.4 is 10.9 Å². The molecule has 0 saturated carbocycles. The van der Waals surface area contributed by atoms with Crippen LogP contribution in [0, 0.1) is 0 Å². The smallest absolute Gasteiger partial charge is 0.324 e. The predicted molar refractivity (Wildman–Crippen MR) is 96.8 cm³/mol. The Labute approximate surface area is 149 Å². The van der Waals surface area contributed by atoms with Crippen LogP contribution in [0.3, 0.4) is 0 Å². The fourth-order valence-corrected chi connectivity index (χ4v) is 3.88. The standard InChI is InChI=1S/C17H20N4O3S/c1-10(2)21-15(23)12-6-4-5-7-13(12)19-17(21)25-11(3)14(22)20-9-8-18-16(20)24/h4-7,10-11H,8-9H2,1-3H3,(H,18,24)/t11-/m1/s1. The number of amides is 3. The second-order valence-electron chi connectivity index (χ2n) is 6.16. The predicted octanol–water partition coefficient (Wildman–Crippen LogP) is 2.01. The van der Waals surface area contributed by atoms with Gasteiger partial charge in [0.2, 0.25) is 5.91 Å². The van der Waals surface area contributed by atoms with Gasteiger partial charge in [0.05, 0.1) is 16.2 Å². The van der Waals surface area contributed by atoms with Crippen LogP contribution in [0.15, 0.2) is 34.2 Å². The maximum absolute atomic E-state index is 12.8. The third-order valence-electron chi connectivity index (χ3n) is 4.04. The van der Waals surface area contributed by atoms with E-state index < -0.39 is 5.25 Å². The molecule has 0 radical (unpaired) electrons. The lowest BCUT2D eigenvalue weighted by molar-refractivity contribution is -0.126. The van der Waals surface area contributed by atoms with E-state index in [1.807, 2.05) is 19.9 Å². The SMILES string of the molecule is CC(C)n1c(S[C@H](C)C(=O)N2CCNC2=O)nc2ccccc2c1=O. The number of carbonyl (C=O) groups is 2. The number of para-hydroxylation sites is 1. The Balaban J connectivity index is 1.97. The van der Waals surface area contributed by atoms with Crippen molar-refractivity contribution in [2.24, 2.45) is 0 Å². The second kappa shape index (κ2) is 6.87. The quantitative estimate of drug-likeness (QED) is 0.666. The Morgan fingerprint density at radius 1 is 1.24 bits per heavy atom. The van der Waals surface area contributed by atoms with E-state index in [0.717, 1.165) is 0 Å². The van der Waals surface area contributed by atoms with Crippen LogP contribution in [0.4, 0.5) is 4.79 Å². The molecular formula is C17H20N4O3S. The minimum Gasteiger partial charge on any atom is -0.336 e. The number of carbonyl (C=O) groups excluding carboxylic acids is 2. The van der Waals surface area contributed by atoms with E-state index in [-0.39, 0.29) is 23.5 Å². The summed E-state index contributed by atoms with van der Waals surface area (Å²) in [5.74, 6) is -0.280. The topological polar surface area (TPSA) is 84.3 Å². The number of imide groups is 1. The van der Waals surface area contributed by atoms with E-state index in [4.69, 9.17) is 0 Å². The average molecular weight is 360 g/mol. The van der Waals surface area contributed by atoms with Crippen molar-refractivity contribution >= 4 is 34.6 Å². The van der Waals surface area contributed by atoms with E-state index in [1.165, 1.54) is 16.7 Å². The molecule has 1 N–H and O–H groups in total. The molecule has 1 aliphatic rings. The maximum Gasteiger partial charge on any atom is 0.324 e. The van der Waals surface area contributed by atoms with Gasteiger partial charge in [-0.25, -0.2) is 9.78 Å². The molecule has 1 atom stereocenters. The van der Waals surface area contributed by atoms with Gasteiger partial charge in [0.15, 0.2) is 5.16 Å². The van der Waals surface area contributed by atoms with Crippen molar-refractivity contribution in [3.8, 4) is 0 Å². The summed E-state index contributed by atoms with van der Waals surface area (Å²) < 4.78 is 1.60. The van der Waals surface area contributed by atoms with Crippen molar-refractivity contribution in [2.45, 2.75) is 37.2 Å². The van der Waals surface area contributed by atoms with Gasteiger partial charge in [-0.3, -0.25) is 19.1 Å². The zero-order valence-electron chi connectivity index (χ0n) is 14.4. The molecule has 1 fully saturated rings. The van der Waals surface area contributed by atoms with Crippen molar-refractivity contribution in [1.82, 2.24) is 19.8 Å². The number of hydrogen-bond donors (Lipinski definition) is 1. The Morgan fingerprint density at radius 2 is 1.96 bits per heavy atom. The highest BCUT2D eigenvalue weighted by molar-refractivity contribution is 8.00. The second-order valence-corrected chi connectivity index (χ2v) is 7.47. The summed E-state index contributed by atoms with van der Waals surface area (Å²) in [5.41, 5.74) is 0.479. The van der Waals surface area contributed by atoms with Crippen molar-refractivity contribution in [1.29, 1.82) is 0 Å². The molecule has 2 heterocycles. The normalized spacial score (nSPS) is 15.7. The molecule has 132 valence electrons. The highest BCUT2D eigenvalue weighted by Gasteiger charge is 2.31. The Morgan fingerprint density at radius 3 is 2.60 bits per heavy atom. The van der Waals surface area contributed by atoms with Crippen molar-refractivity contribution in [3.05, 3.63) is 34.6 Å². The summed E-state index contributed by atoms with van der Waals surface area (Å²) in [6, 6.07) is 6.70. The molecule has 3 amide bonds. The van der Waals surface area contributed by atoms with Gasteiger partial charge in [-0.2, -0.15) is 0 Å². The number of rotatable bonds is 4. The maximum atomic E-state index is 12.8. The van der Waals surface area contributed by atoms with E-state index >= 15 is 0 Å². The van der Waals surface area contributed by atoms with Crippen LogP contribution in [0.2, 0.25) is 0 Å². The molecule has 3 rings (SSSR count). The molecule has 0 unspecified atom stereocenters. The first-order valence-corrected chi connectivity index (χ1v) is 9.05. The van der Waals surface area contributed by atoms with E-state index in [0.29, 0.717) is 29.1 Å². The van der Waals surface area contributed by atoms with Gasteiger partial charge in [0.1, 0.15) is 0 Å². The minimum absolute atomic E-state index is 0.0931. The van der Waals surface area contributed by atoms with Gasteiger partial charge >= 0.3 is 6.03 Å². The summed E-state index contributed by atoms with van der Waals surface area (Å²) in [6.07, 6.45) is 0. The van der Waals surface area contributed by atoms with Gasteiger partial charge in [-0.15, -0.1) is 0 Å². The first kappa shape index (κ1) is 17.5. The molecule has 8 heteroatoms. The number of aromatic nitrogens is 2. The molecule has 1 aromatic carbocycles. The molecule has 0 spiro atoms. The van der Waals surface area contributed by atoms with Crippen LogP contribution in [-0.4, -0.2) is 44.7 Å². The first-order valence-electron chi connectivity index (χ1n) is 8.17. The number of nitrogens with one attached hydrogen (secondary N) is 1. The molecule has 7 nitrogen and oxygen atoms in total. The number of fused-ring (bicyclic) bond motifs is 1. The van der Waals surface area contributed by atoms with Crippen LogP contribution in [0.1, 0.15) is 26.8 Å². The third-order valence-corrected chi connectivity index (χ3v) is 5.10. The summed E-state index contributed by atoms with van der Waals surface area (Å²) >= 11 is 1.21. The molecule has 1 saturated heterocycles. The van der Waals surface area contributed by atoms with E-state index in [9.17, 15) is 14.4 Å². The third kappa shape index (κ3) is 3.26. The highest BCUT2D eigenvalue weighted by atomic mass is 32.2. The number of nitrogens with zero attached hydrogens (tertiary/aromatic N) is 3. The molecule has 0 aliphatic carbocycles. The summed E-state index contributed by atoms with van der Waals surface area (Å²) in [6.45, 7) is 6.37. The monoisotopic (exact) mass is 360 g/mol. The molecule has 0 bridgehead atoms. The van der Waals surface area contributed by atoms with Gasteiger partial charge in [0.25, 0.3) is 5.56 Å². The number of thioether (sulfide) groups is 1. The number of benzene rings is 1. The fourth-order valence-electron chi connectivity index (χ4n) is 2.77. The van der Waals surface area contributed by atoms with Gasteiger partial charge in [-0.05, 0) is 32.9 Å². The van der Waals surface area contributed by atoms with Crippen molar-refractivity contribution in [3.63, 3.8) is 0 Å². The first-order chi connectivity index (χ1) is 11.9. The fraction of sp³-hybridized carbons (Fsp3) is 0.412. The number of hydrogen-bond acceptors (Lipinski definition) is 5.